The zero-order valence-corrected chi connectivity index (χ0v) is 12.9. The summed E-state index contributed by atoms with van der Waals surface area (Å²) in [7, 11) is 3.08. The van der Waals surface area contributed by atoms with Gasteiger partial charge < -0.3 is 14.6 Å². The molecule has 4 heteroatoms. The van der Waals surface area contributed by atoms with Gasteiger partial charge in [-0.05, 0) is 29.7 Å². The second-order valence-corrected chi connectivity index (χ2v) is 5.12. The Kier molecular flexibility index (Phi) is 3.89. The molecular formula is C19H16O4. The summed E-state index contributed by atoms with van der Waals surface area (Å²) in [5.41, 5.74) is 1.00. The van der Waals surface area contributed by atoms with Crippen LogP contribution in [0.15, 0.2) is 54.6 Å². The first-order valence-corrected chi connectivity index (χ1v) is 7.12. The molecule has 0 radical (unpaired) electrons. The highest BCUT2D eigenvalue weighted by Crippen LogP contribution is 2.37. The number of hydrogen-bond donors (Lipinski definition) is 1. The number of benzene rings is 3. The fourth-order valence-electron chi connectivity index (χ4n) is 2.56. The second-order valence-electron chi connectivity index (χ2n) is 5.12. The van der Waals surface area contributed by atoms with Gasteiger partial charge in [0.05, 0.1) is 14.2 Å². The van der Waals surface area contributed by atoms with Gasteiger partial charge in [-0.1, -0.05) is 30.3 Å². The molecule has 0 heterocycles. The molecule has 3 aromatic carbocycles. The average Bonchev–Trinajstić information content (AvgIpc) is 2.60. The van der Waals surface area contributed by atoms with Crippen LogP contribution in [0.5, 0.6) is 17.2 Å². The monoisotopic (exact) mass is 308 g/mol. The zero-order chi connectivity index (χ0) is 16.4. The summed E-state index contributed by atoms with van der Waals surface area (Å²) in [6.45, 7) is 0. The number of ether oxygens (including phenoxy) is 2. The molecular weight excluding hydrogens is 292 g/mol. The fourth-order valence-corrected chi connectivity index (χ4v) is 2.56. The number of carbonyl (C=O) groups excluding carboxylic acids is 1. The first-order chi connectivity index (χ1) is 11.1. The molecule has 0 aliphatic carbocycles. The predicted molar refractivity (Wildman–Crippen MR) is 88.6 cm³/mol. The van der Waals surface area contributed by atoms with E-state index in [1.807, 2.05) is 18.2 Å². The van der Waals surface area contributed by atoms with Crippen molar-refractivity contribution in [1.82, 2.24) is 0 Å². The number of phenols is 1. The molecule has 0 saturated heterocycles. The molecule has 0 spiro atoms. The SMILES string of the molecule is COc1cc2cc(C(=O)c3ccccc3)cc(O)c2cc1OC. The molecule has 116 valence electrons. The first kappa shape index (κ1) is 14.9. The Morgan fingerprint density at radius 2 is 1.52 bits per heavy atom. The van der Waals surface area contributed by atoms with Gasteiger partial charge in [-0.15, -0.1) is 0 Å². The minimum atomic E-state index is -0.141. The van der Waals surface area contributed by atoms with E-state index in [0.717, 1.165) is 0 Å². The van der Waals surface area contributed by atoms with E-state index in [0.29, 0.717) is 33.4 Å². The normalized spacial score (nSPS) is 10.5. The molecule has 23 heavy (non-hydrogen) atoms. The van der Waals surface area contributed by atoms with Crippen molar-refractivity contribution in [3.05, 3.63) is 65.7 Å². The van der Waals surface area contributed by atoms with Gasteiger partial charge in [0.15, 0.2) is 17.3 Å². The van der Waals surface area contributed by atoms with Crippen LogP contribution < -0.4 is 9.47 Å². The maximum absolute atomic E-state index is 12.6. The molecule has 0 aromatic heterocycles. The van der Waals surface area contributed by atoms with Gasteiger partial charge in [0.2, 0.25) is 0 Å². The van der Waals surface area contributed by atoms with Crippen molar-refractivity contribution >= 4 is 16.6 Å². The number of rotatable bonds is 4. The minimum absolute atomic E-state index is 0.0303. The van der Waals surface area contributed by atoms with Crippen molar-refractivity contribution in [2.24, 2.45) is 0 Å². The quantitative estimate of drug-likeness (QED) is 0.745. The highest BCUT2D eigenvalue weighted by Gasteiger charge is 2.14. The topological polar surface area (TPSA) is 55.8 Å². The van der Waals surface area contributed by atoms with Gasteiger partial charge in [0.25, 0.3) is 0 Å². The van der Waals surface area contributed by atoms with Gasteiger partial charge in [-0.2, -0.15) is 0 Å². The van der Waals surface area contributed by atoms with Gasteiger partial charge in [-0.25, -0.2) is 0 Å². The molecule has 0 atom stereocenters. The number of ketones is 1. The Morgan fingerprint density at radius 3 is 2.17 bits per heavy atom. The molecule has 1 N–H and O–H groups in total. The number of hydrogen-bond acceptors (Lipinski definition) is 4. The lowest BCUT2D eigenvalue weighted by Crippen LogP contribution is -2.01. The van der Waals surface area contributed by atoms with Crippen LogP contribution in [0, 0.1) is 0 Å². The summed E-state index contributed by atoms with van der Waals surface area (Å²) >= 11 is 0. The molecule has 3 rings (SSSR count). The number of aromatic hydroxyl groups is 1. The number of carbonyl (C=O) groups is 1. The van der Waals surface area contributed by atoms with Crippen LogP contribution in [-0.2, 0) is 0 Å². The Labute approximate surface area is 133 Å². The third kappa shape index (κ3) is 2.71. The van der Waals surface area contributed by atoms with Gasteiger partial charge >= 0.3 is 0 Å². The molecule has 0 fully saturated rings. The van der Waals surface area contributed by atoms with Crippen LogP contribution in [0.2, 0.25) is 0 Å². The molecule has 3 aromatic rings. The molecule has 0 bridgehead atoms. The summed E-state index contributed by atoms with van der Waals surface area (Å²) in [5.74, 6) is 0.960. The Bertz CT molecular complexity index is 869. The van der Waals surface area contributed by atoms with Crippen molar-refractivity contribution in [2.45, 2.75) is 0 Å². The summed E-state index contributed by atoms with van der Waals surface area (Å²) < 4.78 is 10.5. The Hall–Kier alpha value is -3.01. The van der Waals surface area contributed by atoms with E-state index in [1.165, 1.54) is 13.2 Å². The third-order valence-electron chi connectivity index (χ3n) is 3.73. The predicted octanol–water partition coefficient (Wildman–Crippen LogP) is 3.79. The van der Waals surface area contributed by atoms with Gasteiger partial charge in [0.1, 0.15) is 5.75 Å². The van der Waals surface area contributed by atoms with Crippen molar-refractivity contribution < 1.29 is 19.4 Å². The molecule has 4 nitrogen and oxygen atoms in total. The smallest absolute Gasteiger partial charge is 0.193 e. The lowest BCUT2D eigenvalue weighted by atomic mass is 9.99. The van der Waals surface area contributed by atoms with Crippen LogP contribution in [-0.4, -0.2) is 25.1 Å². The van der Waals surface area contributed by atoms with E-state index < -0.39 is 0 Å². The number of fused-ring (bicyclic) bond motifs is 1. The minimum Gasteiger partial charge on any atom is -0.507 e. The van der Waals surface area contributed by atoms with Crippen LogP contribution in [0.1, 0.15) is 15.9 Å². The van der Waals surface area contributed by atoms with Crippen LogP contribution in [0.4, 0.5) is 0 Å². The average molecular weight is 308 g/mol. The van der Waals surface area contributed by atoms with E-state index in [-0.39, 0.29) is 11.5 Å². The molecule has 0 aliphatic heterocycles. The van der Waals surface area contributed by atoms with E-state index >= 15 is 0 Å². The Morgan fingerprint density at radius 1 is 0.870 bits per heavy atom. The molecule has 0 amide bonds. The van der Waals surface area contributed by atoms with Crippen LogP contribution in [0.25, 0.3) is 10.8 Å². The number of phenolic OH excluding ortho intramolecular Hbond substituents is 1. The first-order valence-electron chi connectivity index (χ1n) is 7.12. The van der Waals surface area contributed by atoms with Gasteiger partial charge in [0, 0.05) is 16.5 Å². The van der Waals surface area contributed by atoms with Crippen molar-refractivity contribution in [2.75, 3.05) is 14.2 Å². The maximum Gasteiger partial charge on any atom is 0.193 e. The highest BCUT2D eigenvalue weighted by atomic mass is 16.5. The van der Waals surface area contributed by atoms with Crippen molar-refractivity contribution in [3.63, 3.8) is 0 Å². The molecule has 0 saturated carbocycles. The van der Waals surface area contributed by atoms with E-state index in [4.69, 9.17) is 9.47 Å². The number of methoxy groups -OCH3 is 2. The van der Waals surface area contributed by atoms with Crippen molar-refractivity contribution in [1.29, 1.82) is 0 Å². The van der Waals surface area contributed by atoms with Crippen LogP contribution >= 0.6 is 0 Å². The molecule has 0 unspecified atom stereocenters. The largest absolute Gasteiger partial charge is 0.507 e. The lowest BCUT2D eigenvalue weighted by Gasteiger charge is -2.11. The van der Waals surface area contributed by atoms with Gasteiger partial charge in [-0.3, -0.25) is 4.79 Å². The lowest BCUT2D eigenvalue weighted by molar-refractivity contribution is 0.103. The van der Waals surface area contributed by atoms with E-state index in [1.54, 1.807) is 37.4 Å². The summed E-state index contributed by atoms with van der Waals surface area (Å²) in [6.07, 6.45) is 0. The fraction of sp³-hybridized carbons (Fsp3) is 0.105. The van der Waals surface area contributed by atoms with E-state index in [9.17, 15) is 9.90 Å². The standard InChI is InChI=1S/C19H16O4/c1-22-17-10-13-8-14(19(21)12-6-4-3-5-7-12)9-16(20)15(13)11-18(17)23-2/h3-11,20H,1-2H3. The second kappa shape index (κ2) is 6.01. The maximum atomic E-state index is 12.6. The molecule has 0 aliphatic rings. The summed E-state index contributed by atoms with van der Waals surface area (Å²) in [4.78, 5) is 12.6. The third-order valence-corrected chi connectivity index (χ3v) is 3.73. The van der Waals surface area contributed by atoms with E-state index in [2.05, 4.69) is 0 Å². The summed E-state index contributed by atoms with van der Waals surface area (Å²) in [5, 5.41) is 11.6. The van der Waals surface area contributed by atoms with Crippen LogP contribution in [0.3, 0.4) is 0 Å². The highest BCUT2D eigenvalue weighted by molar-refractivity contribution is 6.11. The van der Waals surface area contributed by atoms with Crippen molar-refractivity contribution in [3.8, 4) is 17.2 Å². The summed E-state index contributed by atoms with van der Waals surface area (Å²) in [6, 6.07) is 15.6. The zero-order valence-electron chi connectivity index (χ0n) is 12.9. The Balaban J connectivity index is 2.15.